The zero-order valence-corrected chi connectivity index (χ0v) is 12.5. The van der Waals surface area contributed by atoms with Crippen molar-refractivity contribution in [3.05, 3.63) is 53.7 Å². The highest BCUT2D eigenvalue weighted by molar-refractivity contribution is 5.89. The average molecular weight is 297 g/mol. The molecule has 22 heavy (non-hydrogen) atoms. The van der Waals surface area contributed by atoms with Crippen molar-refractivity contribution in [2.24, 2.45) is 0 Å². The number of urea groups is 1. The Balaban J connectivity index is 1.73. The highest BCUT2D eigenvalue weighted by Gasteiger charge is 2.21. The number of aromatic nitrogens is 1. The maximum atomic E-state index is 12.3. The molecule has 0 bridgehead atoms. The van der Waals surface area contributed by atoms with Crippen molar-refractivity contribution in [2.75, 3.05) is 11.9 Å². The number of nitrogens with one attached hydrogen (secondary N) is 2. The molecule has 1 aromatic heterocycles. The van der Waals surface area contributed by atoms with Gasteiger partial charge in [0.05, 0.1) is 12.6 Å². The molecule has 1 atom stereocenters. The molecule has 0 aliphatic carbocycles. The quantitative estimate of drug-likeness (QED) is 0.892. The van der Waals surface area contributed by atoms with Gasteiger partial charge in [-0.2, -0.15) is 0 Å². The van der Waals surface area contributed by atoms with Crippen molar-refractivity contribution in [3.8, 4) is 5.75 Å². The lowest BCUT2D eigenvalue weighted by Crippen LogP contribution is -2.33. The van der Waals surface area contributed by atoms with Gasteiger partial charge in [-0.05, 0) is 37.5 Å². The number of anilines is 1. The third kappa shape index (κ3) is 3.19. The summed E-state index contributed by atoms with van der Waals surface area (Å²) in [5.74, 6) is 1.43. The largest absolute Gasteiger partial charge is 0.493 e. The van der Waals surface area contributed by atoms with Gasteiger partial charge in [-0.1, -0.05) is 24.3 Å². The van der Waals surface area contributed by atoms with Crippen LogP contribution in [-0.2, 0) is 0 Å². The molecule has 0 saturated heterocycles. The second-order valence-electron chi connectivity index (χ2n) is 5.35. The van der Waals surface area contributed by atoms with Crippen molar-refractivity contribution in [2.45, 2.75) is 25.8 Å². The summed E-state index contributed by atoms with van der Waals surface area (Å²) in [6.07, 6.45) is 3.42. The van der Waals surface area contributed by atoms with Crippen LogP contribution in [0, 0.1) is 6.92 Å². The topological polar surface area (TPSA) is 63.2 Å². The van der Waals surface area contributed by atoms with E-state index in [4.69, 9.17) is 4.74 Å². The van der Waals surface area contributed by atoms with E-state index >= 15 is 0 Å². The Morgan fingerprint density at radius 3 is 3.00 bits per heavy atom. The molecule has 0 fully saturated rings. The maximum Gasteiger partial charge on any atom is 0.320 e. The van der Waals surface area contributed by atoms with Crippen LogP contribution in [0.25, 0.3) is 0 Å². The number of fused-ring (bicyclic) bond motifs is 1. The molecule has 114 valence electrons. The van der Waals surface area contributed by atoms with Crippen molar-refractivity contribution in [3.63, 3.8) is 0 Å². The number of amides is 2. The number of aryl methyl sites for hydroxylation is 1. The second kappa shape index (κ2) is 6.47. The van der Waals surface area contributed by atoms with Crippen LogP contribution in [-0.4, -0.2) is 17.6 Å². The molecule has 1 aromatic carbocycles. The molecular weight excluding hydrogens is 278 g/mol. The van der Waals surface area contributed by atoms with Crippen LogP contribution in [0.15, 0.2) is 42.6 Å². The van der Waals surface area contributed by atoms with Crippen LogP contribution < -0.4 is 15.4 Å². The van der Waals surface area contributed by atoms with Gasteiger partial charge in [-0.25, -0.2) is 9.78 Å². The number of para-hydroxylation sites is 1. The third-order valence-electron chi connectivity index (χ3n) is 3.74. The fraction of sp³-hybridized carbons (Fsp3) is 0.294. The minimum atomic E-state index is -0.247. The molecule has 0 unspecified atom stereocenters. The van der Waals surface area contributed by atoms with Crippen molar-refractivity contribution >= 4 is 11.8 Å². The van der Waals surface area contributed by atoms with Gasteiger partial charge in [-0.15, -0.1) is 0 Å². The molecular formula is C17H19N3O2. The number of hydrogen-bond acceptors (Lipinski definition) is 3. The van der Waals surface area contributed by atoms with Crippen LogP contribution in [0.1, 0.15) is 30.0 Å². The first kappa shape index (κ1) is 14.4. The number of pyridine rings is 1. The first-order chi connectivity index (χ1) is 10.7. The number of nitrogens with zero attached hydrogens (tertiary/aromatic N) is 1. The van der Waals surface area contributed by atoms with Crippen LogP contribution in [0.4, 0.5) is 10.6 Å². The van der Waals surface area contributed by atoms with Crippen LogP contribution in [0.5, 0.6) is 5.75 Å². The van der Waals surface area contributed by atoms with Crippen molar-refractivity contribution in [1.82, 2.24) is 10.3 Å². The minimum Gasteiger partial charge on any atom is -0.493 e. The zero-order valence-electron chi connectivity index (χ0n) is 12.5. The molecule has 2 N–H and O–H groups in total. The molecule has 2 heterocycles. The van der Waals surface area contributed by atoms with Gasteiger partial charge in [0.2, 0.25) is 0 Å². The summed E-state index contributed by atoms with van der Waals surface area (Å²) in [7, 11) is 0. The summed E-state index contributed by atoms with van der Waals surface area (Å²) in [4.78, 5) is 16.4. The molecule has 0 saturated carbocycles. The summed E-state index contributed by atoms with van der Waals surface area (Å²) in [5, 5.41) is 5.83. The van der Waals surface area contributed by atoms with Crippen LogP contribution >= 0.6 is 0 Å². The predicted octanol–water partition coefficient (Wildman–Crippen LogP) is 3.43. The molecule has 5 nitrogen and oxygen atoms in total. The van der Waals surface area contributed by atoms with E-state index in [0.29, 0.717) is 12.4 Å². The molecule has 3 rings (SSSR count). The Hall–Kier alpha value is -2.56. The fourth-order valence-corrected chi connectivity index (χ4v) is 2.59. The van der Waals surface area contributed by atoms with E-state index in [1.54, 1.807) is 6.20 Å². The van der Waals surface area contributed by atoms with Gasteiger partial charge >= 0.3 is 6.03 Å². The van der Waals surface area contributed by atoms with Crippen LogP contribution in [0.2, 0.25) is 0 Å². The first-order valence-corrected chi connectivity index (χ1v) is 7.45. The Kier molecular flexibility index (Phi) is 4.23. The number of ether oxygens (including phenoxy) is 1. The average Bonchev–Trinajstić information content (AvgIpc) is 2.72. The maximum absolute atomic E-state index is 12.3. The molecule has 0 radical (unpaired) electrons. The van der Waals surface area contributed by atoms with E-state index in [0.717, 1.165) is 29.7 Å². The Labute approximate surface area is 129 Å². The van der Waals surface area contributed by atoms with E-state index in [-0.39, 0.29) is 12.1 Å². The lowest BCUT2D eigenvalue weighted by atomic mass is 10.0. The monoisotopic (exact) mass is 297 g/mol. The highest BCUT2D eigenvalue weighted by atomic mass is 16.5. The van der Waals surface area contributed by atoms with E-state index in [1.165, 1.54) is 0 Å². The van der Waals surface area contributed by atoms with E-state index < -0.39 is 0 Å². The smallest absolute Gasteiger partial charge is 0.320 e. The second-order valence-corrected chi connectivity index (χ2v) is 5.35. The fourth-order valence-electron chi connectivity index (χ4n) is 2.59. The van der Waals surface area contributed by atoms with Gasteiger partial charge in [0.25, 0.3) is 0 Å². The number of carbonyl (C=O) groups excluding carboxylic acids is 1. The van der Waals surface area contributed by atoms with E-state index in [9.17, 15) is 4.79 Å². The zero-order chi connectivity index (χ0) is 15.4. The predicted molar refractivity (Wildman–Crippen MR) is 85.0 cm³/mol. The Morgan fingerprint density at radius 1 is 1.27 bits per heavy atom. The van der Waals surface area contributed by atoms with Gasteiger partial charge in [-0.3, -0.25) is 5.32 Å². The first-order valence-electron chi connectivity index (χ1n) is 7.45. The van der Waals surface area contributed by atoms with E-state index in [1.807, 2.05) is 43.3 Å². The van der Waals surface area contributed by atoms with Gasteiger partial charge in [0, 0.05) is 11.8 Å². The molecule has 1 aliphatic rings. The van der Waals surface area contributed by atoms with Gasteiger partial charge < -0.3 is 10.1 Å². The molecule has 5 heteroatoms. The minimum absolute atomic E-state index is 0.0530. The number of carbonyl (C=O) groups is 1. The summed E-state index contributed by atoms with van der Waals surface area (Å²) >= 11 is 0. The van der Waals surface area contributed by atoms with Gasteiger partial charge in [0.1, 0.15) is 11.6 Å². The van der Waals surface area contributed by atoms with E-state index in [2.05, 4.69) is 15.6 Å². The van der Waals surface area contributed by atoms with Crippen LogP contribution in [0.3, 0.4) is 0 Å². The third-order valence-corrected chi connectivity index (χ3v) is 3.74. The lowest BCUT2D eigenvalue weighted by molar-refractivity contribution is 0.247. The highest BCUT2D eigenvalue weighted by Crippen LogP contribution is 2.31. The number of benzene rings is 1. The Bertz CT molecular complexity index is 672. The molecule has 2 amide bonds. The summed E-state index contributed by atoms with van der Waals surface area (Å²) in [6.45, 7) is 2.59. The van der Waals surface area contributed by atoms with Crippen molar-refractivity contribution in [1.29, 1.82) is 0 Å². The summed E-state index contributed by atoms with van der Waals surface area (Å²) in [5.41, 5.74) is 1.95. The molecule has 0 spiro atoms. The van der Waals surface area contributed by atoms with Gasteiger partial charge in [0.15, 0.2) is 0 Å². The summed E-state index contributed by atoms with van der Waals surface area (Å²) in [6, 6.07) is 11.3. The molecule has 1 aliphatic heterocycles. The number of rotatable bonds is 2. The summed E-state index contributed by atoms with van der Waals surface area (Å²) < 4.78 is 5.71. The normalized spacial score (nSPS) is 16.9. The Morgan fingerprint density at radius 2 is 2.14 bits per heavy atom. The number of hydrogen-bond donors (Lipinski definition) is 2. The molecule has 2 aromatic rings. The lowest BCUT2D eigenvalue weighted by Gasteiger charge is -2.18. The standard InChI is InChI=1S/C17H19N3O2/c1-12-6-4-10-18-16(12)20-17(21)19-14-8-5-11-22-15-9-3-2-7-13(14)15/h2-4,6-7,9-10,14H,5,8,11H2,1H3,(H2,18,19,20,21)/t14-/m1/s1. The van der Waals surface area contributed by atoms with Crippen molar-refractivity contribution < 1.29 is 9.53 Å². The SMILES string of the molecule is Cc1cccnc1NC(=O)N[C@@H]1CCCOc2ccccc21.